The largest absolute Gasteiger partial charge is 0.352 e. The minimum Gasteiger partial charge on any atom is -0.352 e. The van der Waals surface area contributed by atoms with Gasteiger partial charge in [-0.3, -0.25) is 9.69 Å². The van der Waals surface area contributed by atoms with Crippen LogP contribution in [0.15, 0.2) is 59.1 Å². The summed E-state index contributed by atoms with van der Waals surface area (Å²) in [6.07, 6.45) is 2.29. The highest BCUT2D eigenvalue weighted by Gasteiger charge is 2.19. The minimum atomic E-state index is 0.0224. The third-order valence-electron chi connectivity index (χ3n) is 4.61. The summed E-state index contributed by atoms with van der Waals surface area (Å²) >= 11 is 3.39. The number of benzene rings is 2. The molecular weight excluding hydrogens is 364 g/mol. The van der Waals surface area contributed by atoms with E-state index < -0.39 is 0 Å². The maximum absolute atomic E-state index is 12.2. The first kappa shape index (κ1) is 17.2. The molecule has 0 saturated carbocycles. The fraction of sp³-hybridized carbons (Fsp3) is 0.350. The zero-order valence-corrected chi connectivity index (χ0v) is 15.3. The van der Waals surface area contributed by atoms with Gasteiger partial charge in [0, 0.05) is 23.1 Å². The molecule has 1 N–H and O–H groups in total. The molecular formula is C20H23BrN2O. The van der Waals surface area contributed by atoms with Gasteiger partial charge in [0.25, 0.3) is 5.91 Å². The van der Waals surface area contributed by atoms with Crippen molar-refractivity contribution in [1.29, 1.82) is 0 Å². The summed E-state index contributed by atoms with van der Waals surface area (Å²) in [5.74, 6) is 0.602. The van der Waals surface area contributed by atoms with Crippen molar-refractivity contribution in [3.8, 4) is 0 Å². The SMILES string of the molecule is O=C(NCC1CCN(Cc2ccccc2)CC1)c1ccc(Br)cc1. The summed E-state index contributed by atoms with van der Waals surface area (Å²) in [5.41, 5.74) is 2.10. The molecule has 1 fully saturated rings. The summed E-state index contributed by atoms with van der Waals surface area (Å²) in [4.78, 5) is 14.7. The third-order valence-corrected chi connectivity index (χ3v) is 5.14. The molecule has 1 aliphatic heterocycles. The van der Waals surface area contributed by atoms with Crippen LogP contribution in [-0.4, -0.2) is 30.4 Å². The summed E-state index contributed by atoms with van der Waals surface area (Å²) < 4.78 is 0.991. The van der Waals surface area contributed by atoms with Crippen molar-refractivity contribution in [2.24, 2.45) is 5.92 Å². The number of amides is 1. The molecule has 126 valence electrons. The van der Waals surface area contributed by atoms with Crippen LogP contribution in [0.25, 0.3) is 0 Å². The average molecular weight is 387 g/mol. The number of nitrogens with zero attached hydrogens (tertiary/aromatic N) is 1. The van der Waals surface area contributed by atoms with Gasteiger partial charge in [-0.05, 0) is 61.7 Å². The van der Waals surface area contributed by atoms with Crippen LogP contribution >= 0.6 is 15.9 Å². The van der Waals surface area contributed by atoms with E-state index in [-0.39, 0.29) is 5.91 Å². The molecule has 0 bridgehead atoms. The second kappa shape index (κ2) is 8.45. The molecule has 3 nitrogen and oxygen atoms in total. The molecule has 0 aliphatic carbocycles. The van der Waals surface area contributed by atoms with E-state index in [0.29, 0.717) is 5.92 Å². The second-order valence-electron chi connectivity index (χ2n) is 6.42. The second-order valence-corrected chi connectivity index (χ2v) is 7.34. The van der Waals surface area contributed by atoms with Crippen molar-refractivity contribution in [1.82, 2.24) is 10.2 Å². The topological polar surface area (TPSA) is 32.3 Å². The molecule has 4 heteroatoms. The van der Waals surface area contributed by atoms with Gasteiger partial charge in [-0.1, -0.05) is 46.3 Å². The highest BCUT2D eigenvalue weighted by atomic mass is 79.9. The minimum absolute atomic E-state index is 0.0224. The number of nitrogens with one attached hydrogen (secondary N) is 1. The quantitative estimate of drug-likeness (QED) is 0.838. The van der Waals surface area contributed by atoms with Crippen LogP contribution < -0.4 is 5.32 Å². The zero-order valence-electron chi connectivity index (χ0n) is 13.7. The van der Waals surface area contributed by atoms with Gasteiger partial charge < -0.3 is 5.32 Å². The molecule has 24 heavy (non-hydrogen) atoms. The van der Waals surface area contributed by atoms with Gasteiger partial charge in [0.15, 0.2) is 0 Å². The molecule has 0 unspecified atom stereocenters. The summed E-state index contributed by atoms with van der Waals surface area (Å²) in [5, 5.41) is 3.08. The molecule has 1 amide bonds. The van der Waals surface area contributed by atoms with E-state index in [2.05, 4.69) is 56.5 Å². The maximum Gasteiger partial charge on any atom is 0.251 e. The van der Waals surface area contributed by atoms with Crippen molar-refractivity contribution in [2.45, 2.75) is 19.4 Å². The van der Waals surface area contributed by atoms with Gasteiger partial charge in [0.2, 0.25) is 0 Å². The summed E-state index contributed by atoms with van der Waals surface area (Å²) in [7, 11) is 0. The van der Waals surface area contributed by atoms with Crippen LogP contribution in [0.2, 0.25) is 0 Å². The highest BCUT2D eigenvalue weighted by Crippen LogP contribution is 2.18. The van der Waals surface area contributed by atoms with Gasteiger partial charge in [0.1, 0.15) is 0 Å². The Morgan fingerprint density at radius 1 is 1.04 bits per heavy atom. The number of hydrogen-bond acceptors (Lipinski definition) is 2. The lowest BCUT2D eigenvalue weighted by Gasteiger charge is -2.32. The molecule has 1 aliphatic rings. The van der Waals surface area contributed by atoms with Crippen molar-refractivity contribution in [3.05, 3.63) is 70.2 Å². The van der Waals surface area contributed by atoms with Crippen molar-refractivity contribution >= 4 is 21.8 Å². The lowest BCUT2D eigenvalue weighted by Crippen LogP contribution is -2.38. The van der Waals surface area contributed by atoms with Crippen LogP contribution in [0.5, 0.6) is 0 Å². The molecule has 0 radical (unpaired) electrons. The molecule has 2 aromatic carbocycles. The van der Waals surface area contributed by atoms with E-state index in [1.54, 1.807) is 0 Å². The number of carbonyl (C=O) groups excluding carboxylic acids is 1. The van der Waals surface area contributed by atoms with E-state index in [1.807, 2.05) is 24.3 Å². The lowest BCUT2D eigenvalue weighted by molar-refractivity contribution is 0.0935. The van der Waals surface area contributed by atoms with Gasteiger partial charge in [-0.2, -0.15) is 0 Å². The highest BCUT2D eigenvalue weighted by molar-refractivity contribution is 9.10. The van der Waals surface area contributed by atoms with Crippen LogP contribution in [0.3, 0.4) is 0 Å². The lowest BCUT2D eigenvalue weighted by atomic mass is 9.96. The molecule has 1 saturated heterocycles. The van der Waals surface area contributed by atoms with Crippen molar-refractivity contribution < 1.29 is 4.79 Å². The summed E-state index contributed by atoms with van der Waals surface area (Å²) in [6, 6.07) is 18.1. The number of likely N-dealkylation sites (tertiary alicyclic amines) is 1. The molecule has 1 heterocycles. The predicted molar refractivity (Wildman–Crippen MR) is 101 cm³/mol. The monoisotopic (exact) mass is 386 g/mol. The van der Waals surface area contributed by atoms with E-state index in [1.165, 1.54) is 5.56 Å². The average Bonchev–Trinajstić information content (AvgIpc) is 2.62. The first-order valence-corrected chi connectivity index (χ1v) is 9.30. The smallest absolute Gasteiger partial charge is 0.251 e. The Kier molecular flexibility index (Phi) is 6.05. The van der Waals surface area contributed by atoms with E-state index >= 15 is 0 Å². The van der Waals surface area contributed by atoms with Gasteiger partial charge in [-0.15, -0.1) is 0 Å². The Morgan fingerprint density at radius 2 is 1.71 bits per heavy atom. The van der Waals surface area contributed by atoms with E-state index in [4.69, 9.17) is 0 Å². The number of hydrogen-bond donors (Lipinski definition) is 1. The van der Waals surface area contributed by atoms with Crippen LogP contribution in [0.1, 0.15) is 28.8 Å². The fourth-order valence-corrected chi connectivity index (χ4v) is 3.39. The number of halogens is 1. The molecule has 0 spiro atoms. The summed E-state index contributed by atoms with van der Waals surface area (Å²) in [6.45, 7) is 4.01. The number of rotatable bonds is 5. The number of piperidine rings is 1. The Morgan fingerprint density at radius 3 is 2.38 bits per heavy atom. The van der Waals surface area contributed by atoms with Crippen LogP contribution in [-0.2, 0) is 6.54 Å². The van der Waals surface area contributed by atoms with Gasteiger partial charge in [-0.25, -0.2) is 0 Å². The Hall–Kier alpha value is -1.65. The molecule has 0 atom stereocenters. The maximum atomic E-state index is 12.2. The van der Waals surface area contributed by atoms with Crippen molar-refractivity contribution in [2.75, 3.05) is 19.6 Å². The Bertz CT molecular complexity index is 649. The third kappa shape index (κ3) is 4.92. The van der Waals surface area contributed by atoms with E-state index in [9.17, 15) is 4.79 Å². The first-order valence-electron chi connectivity index (χ1n) is 8.51. The Labute approximate surface area is 152 Å². The van der Waals surface area contributed by atoms with Crippen molar-refractivity contribution in [3.63, 3.8) is 0 Å². The van der Waals surface area contributed by atoms with Crippen LogP contribution in [0.4, 0.5) is 0 Å². The number of carbonyl (C=O) groups is 1. The molecule has 2 aromatic rings. The Balaban J connectivity index is 1.41. The first-order chi connectivity index (χ1) is 11.7. The van der Waals surface area contributed by atoms with Crippen LogP contribution in [0, 0.1) is 5.92 Å². The molecule has 3 rings (SSSR count). The van der Waals surface area contributed by atoms with Gasteiger partial charge in [0.05, 0.1) is 0 Å². The zero-order chi connectivity index (χ0) is 16.8. The predicted octanol–water partition coefficient (Wildman–Crippen LogP) is 4.09. The van der Waals surface area contributed by atoms with Gasteiger partial charge >= 0.3 is 0 Å². The normalized spacial score (nSPS) is 16.0. The fourth-order valence-electron chi connectivity index (χ4n) is 3.13. The molecule has 0 aromatic heterocycles. The standard InChI is InChI=1S/C20H23BrN2O/c21-19-8-6-18(7-9-19)20(24)22-14-16-10-12-23(13-11-16)15-17-4-2-1-3-5-17/h1-9,16H,10-15H2,(H,22,24). The van der Waals surface area contributed by atoms with E-state index in [0.717, 1.165) is 49.1 Å².